The summed E-state index contributed by atoms with van der Waals surface area (Å²) in [5.74, 6) is -0.315. The van der Waals surface area contributed by atoms with E-state index in [9.17, 15) is 14.9 Å². The van der Waals surface area contributed by atoms with Crippen molar-refractivity contribution in [2.45, 2.75) is 6.04 Å². The second-order valence-electron chi connectivity index (χ2n) is 11.3. The number of para-hydroxylation sites is 1. The molecule has 1 atom stereocenters. The van der Waals surface area contributed by atoms with Crippen molar-refractivity contribution in [3.05, 3.63) is 149 Å². The van der Waals surface area contributed by atoms with Crippen LogP contribution < -0.4 is 15.5 Å². The first kappa shape index (κ1) is 28.1. The van der Waals surface area contributed by atoms with Crippen molar-refractivity contribution < 1.29 is 9.59 Å². The highest BCUT2D eigenvalue weighted by molar-refractivity contribution is 6.09. The highest BCUT2D eigenvalue weighted by Gasteiger charge is 2.33. The Kier molecular flexibility index (Phi) is 7.56. The van der Waals surface area contributed by atoms with Crippen molar-refractivity contribution >= 4 is 28.9 Å². The van der Waals surface area contributed by atoms with Crippen molar-refractivity contribution in [2.24, 2.45) is 0 Å². The van der Waals surface area contributed by atoms with Crippen LogP contribution >= 0.6 is 0 Å². The van der Waals surface area contributed by atoms with Crippen molar-refractivity contribution in [1.82, 2.24) is 4.90 Å². The van der Waals surface area contributed by atoms with Gasteiger partial charge in [0.2, 0.25) is 0 Å². The summed E-state index contributed by atoms with van der Waals surface area (Å²) in [5, 5.41) is 16.2. The van der Waals surface area contributed by atoms with E-state index in [0.717, 1.165) is 46.7 Å². The molecule has 0 aromatic heterocycles. The van der Waals surface area contributed by atoms with E-state index in [-0.39, 0.29) is 17.9 Å². The van der Waals surface area contributed by atoms with Crippen LogP contribution in [0.5, 0.6) is 0 Å². The highest BCUT2D eigenvalue weighted by Crippen LogP contribution is 2.39. The number of benzene rings is 5. The molecule has 220 valence electrons. The Labute approximate surface area is 262 Å². The maximum atomic E-state index is 13.4. The average Bonchev–Trinajstić information content (AvgIpc) is 3.22. The summed E-state index contributed by atoms with van der Waals surface area (Å²) in [6, 6.07) is 41.0. The monoisotopic (exact) mass is 589 g/mol. The molecule has 5 aromatic carbocycles. The Morgan fingerprint density at radius 2 is 1.42 bits per heavy atom. The van der Waals surface area contributed by atoms with Gasteiger partial charge in [-0.2, -0.15) is 5.26 Å². The van der Waals surface area contributed by atoms with E-state index in [0.29, 0.717) is 35.5 Å². The number of piperazine rings is 1. The predicted molar refractivity (Wildman–Crippen MR) is 177 cm³/mol. The standard InChI is InChI=1S/C38H31N5O2/c39-25-27-24-28(40-37(44)31-14-6-4-12-29(31)26-10-2-1-3-11-26)18-19-35(27)42-20-22-43(23-21-42)36-30-13-5-7-15-32(30)38(45)41-34-17-9-8-16-33(34)36/h1-19,24,36H,20-23H2,(H,40,44)(H,41,45). The molecule has 5 aromatic rings. The molecule has 0 radical (unpaired) electrons. The van der Waals surface area contributed by atoms with Crippen LogP contribution in [0.15, 0.2) is 121 Å². The molecule has 0 spiro atoms. The fourth-order valence-corrected chi connectivity index (χ4v) is 6.49. The predicted octanol–water partition coefficient (Wildman–Crippen LogP) is 6.95. The van der Waals surface area contributed by atoms with E-state index in [1.165, 1.54) is 0 Å². The molecule has 7 heteroatoms. The van der Waals surface area contributed by atoms with Crippen LogP contribution in [0.25, 0.3) is 11.1 Å². The molecule has 1 saturated heterocycles. The third kappa shape index (κ3) is 5.44. The maximum absolute atomic E-state index is 13.4. The first-order valence-electron chi connectivity index (χ1n) is 15.1. The first-order valence-corrected chi connectivity index (χ1v) is 15.1. The lowest BCUT2D eigenvalue weighted by Crippen LogP contribution is -2.48. The third-order valence-corrected chi connectivity index (χ3v) is 8.66. The van der Waals surface area contributed by atoms with Gasteiger partial charge in [0.1, 0.15) is 6.07 Å². The molecular weight excluding hydrogens is 558 g/mol. The smallest absolute Gasteiger partial charge is 0.256 e. The van der Waals surface area contributed by atoms with Crippen molar-refractivity contribution in [3.8, 4) is 17.2 Å². The van der Waals surface area contributed by atoms with E-state index in [1.54, 1.807) is 6.07 Å². The molecule has 45 heavy (non-hydrogen) atoms. The van der Waals surface area contributed by atoms with Crippen LogP contribution in [-0.2, 0) is 0 Å². The molecule has 2 amide bonds. The molecule has 2 N–H and O–H groups in total. The van der Waals surface area contributed by atoms with Crippen LogP contribution in [0.2, 0.25) is 0 Å². The Bertz CT molecular complexity index is 1940. The molecule has 0 bridgehead atoms. The fourth-order valence-electron chi connectivity index (χ4n) is 6.49. The summed E-state index contributed by atoms with van der Waals surface area (Å²) in [7, 11) is 0. The molecule has 0 aliphatic carbocycles. The minimum absolute atomic E-state index is 0.0645. The summed E-state index contributed by atoms with van der Waals surface area (Å²) >= 11 is 0. The third-order valence-electron chi connectivity index (χ3n) is 8.66. The molecule has 1 unspecified atom stereocenters. The summed E-state index contributed by atoms with van der Waals surface area (Å²) in [5.41, 5.74) is 7.93. The van der Waals surface area contributed by atoms with Crippen LogP contribution in [0, 0.1) is 11.3 Å². The number of hydrogen-bond donors (Lipinski definition) is 2. The van der Waals surface area contributed by atoms with Gasteiger partial charge >= 0.3 is 0 Å². The second kappa shape index (κ2) is 12.1. The average molecular weight is 590 g/mol. The number of amides is 2. The summed E-state index contributed by atoms with van der Waals surface area (Å²) < 4.78 is 0. The molecule has 0 saturated carbocycles. The molecule has 2 aliphatic rings. The number of carbonyl (C=O) groups excluding carboxylic acids is 2. The quantitative estimate of drug-likeness (QED) is 0.232. The number of carbonyl (C=O) groups is 2. The fraction of sp³-hybridized carbons (Fsp3) is 0.132. The Morgan fingerprint density at radius 3 is 2.20 bits per heavy atom. The van der Waals surface area contributed by atoms with Crippen molar-refractivity contribution in [1.29, 1.82) is 5.26 Å². The zero-order valence-electron chi connectivity index (χ0n) is 24.6. The summed E-state index contributed by atoms with van der Waals surface area (Å²) in [6.07, 6.45) is 0. The number of hydrogen-bond acceptors (Lipinski definition) is 5. The van der Waals surface area contributed by atoms with Crippen molar-refractivity contribution in [2.75, 3.05) is 41.7 Å². The Morgan fingerprint density at radius 1 is 0.756 bits per heavy atom. The van der Waals surface area contributed by atoms with Gasteiger partial charge in [0.15, 0.2) is 0 Å². The topological polar surface area (TPSA) is 88.5 Å². The molecule has 7 nitrogen and oxygen atoms in total. The summed E-state index contributed by atoms with van der Waals surface area (Å²) in [4.78, 5) is 31.1. The second-order valence-corrected chi connectivity index (χ2v) is 11.3. The number of nitriles is 1. The number of nitrogens with zero attached hydrogens (tertiary/aromatic N) is 3. The van der Waals surface area contributed by atoms with Crippen LogP contribution in [0.4, 0.5) is 17.1 Å². The number of anilines is 3. The van der Waals surface area contributed by atoms with E-state index >= 15 is 0 Å². The molecule has 7 rings (SSSR count). The van der Waals surface area contributed by atoms with E-state index in [1.807, 2.05) is 109 Å². The van der Waals surface area contributed by atoms with Crippen LogP contribution in [-0.4, -0.2) is 42.9 Å². The van der Waals surface area contributed by atoms with Crippen molar-refractivity contribution in [3.63, 3.8) is 0 Å². The molecule has 2 aliphatic heterocycles. The van der Waals surface area contributed by atoms with Gasteiger partial charge in [0.25, 0.3) is 11.8 Å². The van der Waals surface area contributed by atoms with Crippen LogP contribution in [0.1, 0.15) is 43.4 Å². The minimum Gasteiger partial charge on any atom is -0.368 e. The van der Waals surface area contributed by atoms with Gasteiger partial charge in [-0.15, -0.1) is 0 Å². The minimum atomic E-state index is -0.225. The van der Waals surface area contributed by atoms with Gasteiger partial charge in [0, 0.05) is 48.7 Å². The first-order chi connectivity index (χ1) is 22.1. The van der Waals surface area contributed by atoms with Gasteiger partial charge in [-0.05, 0) is 58.7 Å². The Balaban J connectivity index is 1.10. The van der Waals surface area contributed by atoms with Gasteiger partial charge in [-0.3, -0.25) is 14.5 Å². The lowest BCUT2D eigenvalue weighted by atomic mass is 9.93. The molecular formula is C38H31N5O2. The Hall–Kier alpha value is -5.71. The van der Waals surface area contributed by atoms with Gasteiger partial charge in [0.05, 0.1) is 17.3 Å². The number of fused-ring (bicyclic) bond motifs is 2. The van der Waals surface area contributed by atoms with E-state index in [2.05, 4.69) is 32.6 Å². The molecule has 2 heterocycles. The maximum Gasteiger partial charge on any atom is 0.256 e. The lowest BCUT2D eigenvalue weighted by Gasteiger charge is -2.41. The number of nitrogens with one attached hydrogen (secondary N) is 2. The van der Waals surface area contributed by atoms with Gasteiger partial charge < -0.3 is 15.5 Å². The molecule has 1 fully saturated rings. The zero-order chi connectivity index (χ0) is 30.8. The van der Waals surface area contributed by atoms with Gasteiger partial charge in [-0.25, -0.2) is 0 Å². The summed E-state index contributed by atoms with van der Waals surface area (Å²) in [6.45, 7) is 2.93. The number of rotatable bonds is 5. The van der Waals surface area contributed by atoms with E-state index < -0.39 is 0 Å². The van der Waals surface area contributed by atoms with Gasteiger partial charge in [-0.1, -0.05) is 84.9 Å². The van der Waals surface area contributed by atoms with E-state index in [4.69, 9.17) is 0 Å². The zero-order valence-corrected chi connectivity index (χ0v) is 24.6. The normalized spacial score (nSPS) is 16.0. The highest BCUT2D eigenvalue weighted by atomic mass is 16.2. The largest absolute Gasteiger partial charge is 0.368 e. The SMILES string of the molecule is N#Cc1cc(NC(=O)c2ccccc2-c2ccccc2)ccc1N1CCN(C2c3ccccc3NC(=O)c3ccccc32)CC1. The lowest BCUT2D eigenvalue weighted by molar-refractivity contribution is 0.101. The van der Waals surface area contributed by atoms with Crippen LogP contribution in [0.3, 0.4) is 0 Å².